The van der Waals surface area contributed by atoms with Gasteiger partial charge in [0.05, 0.1) is 0 Å². The third-order valence-electron chi connectivity index (χ3n) is 1.70. The number of carbonyl (C=O) groups excluding carboxylic acids is 1. The first-order valence-corrected chi connectivity index (χ1v) is 4.57. The maximum Gasteiger partial charge on any atom is 0.317 e. The molecule has 0 atom stereocenters. The standard InChI is InChI=1S/C8H18N4O2/c1-3-5-10-8(13)12(2)6-4-7(9)11-14/h14H,3-6H2,1-2H3,(H2,9,11)(H,10,13). The summed E-state index contributed by atoms with van der Waals surface area (Å²) in [4.78, 5) is 12.8. The van der Waals surface area contributed by atoms with Crippen molar-refractivity contribution in [1.82, 2.24) is 10.2 Å². The molecule has 0 aromatic rings. The van der Waals surface area contributed by atoms with Crippen molar-refractivity contribution in [3.63, 3.8) is 0 Å². The van der Waals surface area contributed by atoms with Crippen molar-refractivity contribution in [2.24, 2.45) is 10.9 Å². The molecule has 82 valence electrons. The minimum atomic E-state index is -0.141. The summed E-state index contributed by atoms with van der Waals surface area (Å²) in [6, 6.07) is -0.141. The summed E-state index contributed by atoms with van der Waals surface area (Å²) >= 11 is 0. The number of oxime groups is 1. The van der Waals surface area contributed by atoms with Crippen LogP contribution in [0.3, 0.4) is 0 Å². The highest BCUT2D eigenvalue weighted by Gasteiger charge is 2.07. The van der Waals surface area contributed by atoms with Gasteiger partial charge in [-0.15, -0.1) is 0 Å². The highest BCUT2D eigenvalue weighted by atomic mass is 16.4. The minimum absolute atomic E-state index is 0.125. The molecule has 14 heavy (non-hydrogen) atoms. The minimum Gasteiger partial charge on any atom is -0.409 e. The van der Waals surface area contributed by atoms with Crippen LogP contribution in [0.15, 0.2) is 5.16 Å². The zero-order valence-corrected chi connectivity index (χ0v) is 8.66. The van der Waals surface area contributed by atoms with E-state index in [0.29, 0.717) is 19.5 Å². The Kier molecular flexibility index (Phi) is 6.26. The van der Waals surface area contributed by atoms with Crippen LogP contribution in [0.2, 0.25) is 0 Å². The molecule has 0 heterocycles. The van der Waals surface area contributed by atoms with Crippen LogP contribution in [0, 0.1) is 0 Å². The molecule has 0 aliphatic rings. The van der Waals surface area contributed by atoms with Gasteiger partial charge < -0.3 is 21.2 Å². The lowest BCUT2D eigenvalue weighted by molar-refractivity contribution is 0.210. The van der Waals surface area contributed by atoms with Gasteiger partial charge in [-0.2, -0.15) is 0 Å². The summed E-state index contributed by atoms with van der Waals surface area (Å²) < 4.78 is 0. The number of nitrogens with one attached hydrogen (secondary N) is 1. The summed E-state index contributed by atoms with van der Waals surface area (Å²) in [5.74, 6) is 0.125. The van der Waals surface area contributed by atoms with Gasteiger partial charge in [0.15, 0.2) is 0 Å². The fourth-order valence-corrected chi connectivity index (χ4v) is 0.801. The van der Waals surface area contributed by atoms with Gasteiger partial charge in [-0.3, -0.25) is 0 Å². The summed E-state index contributed by atoms with van der Waals surface area (Å²) in [7, 11) is 1.66. The number of rotatable bonds is 5. The van der Waals surface area contributed by atoms with E-state index >= 15 is 0 Å². The van der Waals surface area contributed by atoms with Gasteiger partial charge in [-0.1, -0.05) is 12.1 Å². The van der Waals surface area contributed by atoms with Crippen LogP contribution in [0.1, 0.15) is 19.8 Å². The summed E-state index contributed by atoms with van der Waals surface area (Å²) in [5.41, 5.74) is 5.26. The first-order chi connectivity index (χ1) is 6.61. The van der Waals surface area contributed by atoms with E-state index in [1.54, 1.807) is 7.05 Å². The lowest BCUT2D eigenvalue weighted by Crippen LogP contribution is -2.39. The van der Waals surface area contributed by atoms with Gasteiger partial charge in [0.2, 0.25) is 0 Å². The molecule has 0 aromatic heterocycles. The van der Waals surface area contributed by atoms with Crippen LogP contribution in [-0.2, 0) is 0 Å². The predicted molar refractivity (Wildman–Crippen MR) is 54.3 cm³/mol. The zero-order chi connectivity index (χ0) is 11.0. The number of hydrogen-bond donors (Lipinski definition) is 3. The molecule has 6 heteroatoms. The fraction of sp³-hybridized carbons (Fsp3) is 0.750. The zero-order valence-electron chi connectivity index (χ0n) is 8.66. The second-order valence-corrected chi connectivity index (χ2v) is 2.99. The molecule has 0 spiro atoms. The average Bonchev–Trinajstić information content (AvgIpc) is 2.21. The Morgan fingerprint density at radius 3 is 2.79 bits per heavy atom. The first-order valence-electron chi connectivity index (χ1n) is 4.57. The van der Waals surface area contributed by atoms with Crippen molar-refractivity contribution in [3.05, 3.63) is 0 Å². The van der Waals surface area contributed by atoms with Gasteiger partial charge in [0.1, 0.15) is 5.84 Å². The molecule has 0 aliphatic heterocycles. The topological polar surface area (TPSA) is 91.0 Å². The first kappa shape index (κ1) is 12.5. The monoisotopic (exact) mass is 202 g/mol. The summed E-state index contributed by atoms with van der Waals surface area (Å²) in [5, 5.41) is 13.8. The molecule has 0 bridgehead atoms. The van der Waals surface area contributed by atoms with Gasteiger partial charge in [-0.25, -0.2) is 4.79 Å². The van der Waals surface area contributed by atoms with Gasteiger partial charge in [0.25, 0.3) is 0 Å². The molecular weight excluding hydrogens is 184 g/mol. The molecule has 0 unspecified atom stereocenters. The average molecular weight is 202 g/mol. The smallest absolute Gasteiger partial charge is 0.317 e. The molecule has 0 saturated heterocycles. The molecule has 0 saturated carbocycles. The molecule has 0 aromatic carbocycles. The lowest BCUT2D eigenvalue weighted by atomic mass is 10.4. The van der Waals surface area contributed by atoms with Gasteiger partial charge in [0, 0.05) is 26.6 Å². The lowest BCUT2D eigenvalue weighted by Gasteiger charge is -2.16. The van der Waals surface area contributed by atoms with Crippen molar-refractivity contribution in [2.45, 2.75) is 19.8 Å². The Hall–Kier alpha value is -1.46. The second kappa shape index (κ2) is 6.99. The Morgan fingerprint density at radius 1 is 1.64 bits per heavy atom. The van der Waals surface area contributed by atoms with E-state index in [9.17, 15) is 4.79 Å². The Bertz CT molecular complexity index is 206. The quantitative estimate of drug-likeness (QED) is 0.257. The van der Waals surface area contributed by atoms with Crippen LogP contribution in [-0.4, -0.2) is 42.1 Å². The maximum atomic E-state index is 11.3. The summed E-state index contributed by atoms with van der Waals surface area (Å²) in [6.45, 7) is 3.08. The highest BCUT2D eigenvalue weighted by molar-refractivity contribution is 5.80. The maximum absolute atomic E-state index is 11.3. The number of nitrogens with zero attached hydrogens (tertiary/aromatic N) is 2. The van der Waals surface area contributed by atoms with Crippen LogP contribution in [0.4, 0.5) is 4.79 Å². The number of nitrogens with two attached hydrogens (primary N) is 1. The molecule has 0 aliphatic carbocycles. The molecule has 0 rings (SSSR count). The third-order valence-corrected chi connectivity index (χ3v) is 1.70. The van der Waals surface area contributed by atoms with Crippen LogP contribution < -0.4 is 11.1 Å². The van der Waals surface area contributed by atoms with Crippen molar-refractivity contribution < 1.29 is 10.0 Å². The van der Waals surface area contributed by atoms with E-state index in [-0.39, 0.29) is 11.9 Å². The van der Waals surface area contributed by atoms with Crippen molar-refractivity contribution in [3.8, 4) is 0 Å². The number of amidine groups is 1. The molecular formula is C8H18N4O2. The normalized spacial score (nSPS) is 11.1. The Balaban J connectivity index is 3.72. The van der Waals surface area contributed by atoms with Crippen molar-refractivity contribution in [1.29, 1.82) is 0 Å². The Labute approximate surface area is 83.7 Å². The summed E-state index contributed by atoms with van der Waals surface area (Å²) in [6.07, 6.45) is 1.27. The van der Waals surface area contributed by atoms with E-state index in [1.165, 1.54) is 4.90 Å². The van der Waals surface area contributed by atoms with E-state index in [2.05, 4.69) is 10.5 Å². The van der Waals surface area contributed by atoms with Gasteiger partial charge >= 0.3 is 6.03 Å². The van der Waals surface area contributed by atoms with E-state index in [1.807, 2.05) is 6.92 Å². The largest absolute Gasteiger partial charge is 0.409 e. The fourth-order valence-electron chi connectivity index (χ4n) is 0.801. The van der Waals surface area contributed by atoms with Crippen LogP contribution in [0.25, 0.3) is 0 Å². The SMILES string of the molecule is CCCNC(=O)N(C)CC/C(N)=N/O. The van der Waals surface area contributed by atoms with Crippen molar-refractivity contribution >= 4 is 11.9 Å². The van der Waals surface area contributed by atoms with E-state index in [0.717, 1.165) is 6.42 Å². The highest BCUT2D eigenvalue weighted by Crippen LogP contribution is 1.89. The Morgan fingerprint density at radius 2 is 2.29 bits per heavy atom. The third kappa shape index (κ3) is 5.23. The molecule has 6 nitrogen and oxygen atoms in total. The second-order valence-electron chi connectivity index (χ2n) is 2.99. The molecule has 0 fully saturated rings. The molecule has 0 radical (unpaired) electrons. The predicted octanol–water partition coefficient (Wildman–Crippen LogP) is 0.174. The number of carbonyl (C=O) groups is 1. The van der Waals surface area contributed by atoms with E-state index < -0.39 is 0 Å². The van der Waals surface area contributed by atoms with Gasteiger partial charge in [-0.05, 0) is 6.42 Å². The van der Waals surface area contributed by atoms with E-state index in [4.69, 9.17) is 10.9 Å². The number of hydrogen-bond acceptors (Lipinski definition) is 3. The van der Waals surface area contributed by atoms with Crippen LogP contribution in [0.5, 0.6) is 0 Å². The number of amides is 2. The molecule has 4 N–H and O–H groups in total. The van der Waals surface area contributed by atoms with Crippen LogP contribution >= 0.6 is 0 Å². The molecule has 2 amide bonds. The van der Waals surface area contributed by atoms with Crippen molar-refractivity contribution in [2.75, 3.05) is 20.1 Å². The number of urea groups is 1.